The van der Waals surface area contributed by atoms with Gasteiger partial charge in [0.2, 0.25) is 0 Å². The third-order valence-corrected chi connectivity index (χ3v) is 5.01. The van der Waals surface area contributed by atoms with Crippen molar-refractivity contribution in [1.29, 1.82) is 0 Å². The predicted molar refractivity (Wildman–Crippen MR) is 102 cm³/mol. The van der Waals surface area contributed by atoms with E-state index in [1.165, 1.54) is 12.1 Å². The lowest BCUT2D eigenvalue weighted by Crippen LogP contribution is -2.19. The molecule has 2 aliphatic rings. The fraction of sp³-hybridized carbons (Fsp3) is 0.500. The van der Waals surface area contributed by atoms with Gasteiger partial charge in [0.25, 0.3) is 11.9 Å². The van der Waals surface area contributed by atoms with Crippen molar-refractivity contribution in [3.8, 4) is 5.75 Å². The van der Waals surface area contributed by atoms with E-state index in [1.807, 2.05) is 0 Å². The zero-order chi connectivity index (χ0) is 22.0. The third-order valence-electron chi connectivity index (χ3n) is 5.01. The van der Waals surface area contributed by atoms with E-state index in [2.05, 4.69) is 10.3 Å². The van der Waals surface area contributed by atoms with Crippen LogP contribution in [0.3, 0.4) is 0 Å². The maximum absolute atomic E-state index is 14.4. The summed E-state index contributed by atoms with van der Waals surface area (Å²) < 4.78 is 69.2. The Hall–Kier alpha value is -2.82. The summed E-state index contributed by atoms with van der Waals surface area (Å²) in [5, 5.41) is 2.38. The number of carbonyl (C=O) groups is 1. The molecule has 4 rings (SSSR count). The van der Waals surface area contributed by atoms with Crippen molar-refractivity contribution in [1.82, 2.24) is 4.98 Å². The normalized spacial score (nSPS) is 19.1. The van der Waals surface area contributed by atoms with E-state index in [0.717, 1.165) is 18.9 Å². The minimum atomic E-state index is -4.58. The van der Waals surface area contributed by atoms with Crippen LogP contribution in [0.25, 0.3) is 0 Å². The monoisotopic (exact) mass is 443 g/mol. The molecule has 1 atom stereocenters. The van der Waals surface area contributed by atoms with E-state index in [9.17, 15) is 22.4 Å². The molecular formula is C20H21F4N3O4. The lowest BCUT2D eigenvalue weighted by atomic mass is 10.2. The number of aromatic nitrogens is 1. The van der Waals surface area contributed by atoms with Gasteiger partial charge in [0.05, 0.1) is 13.2 Å². The van der Waals surface area contributed by atoms with Crippen molar-refractivity contribution in [2.45, 2.75) is 38.0 Å². The van der Waals surface area contributed by atoms with E-state index in [4.69, 9.17) is 13.9 Å². The molecule has 11 heteroatoms. The fourth-order valence-corrected chi connectivity index (χ4v) is 3.51. The Morgan fingerprint density at radius 2 is 2.06 bits per heavy atom. The minimum absolute atomic E-state index is 0.00372. The van der Waals surface area contributed by atoms with Gasteiger partial charge in [-0.05, 0) is 25.0 Å². The van der Waals surface area contributed by atoms with E-state index in [1.54, 1.807) is 4.90 Å². The molecule has 1 aromatic heterocycles. The van der Waals surface area contributed by atoms with Crippen molar-refractivity contribution in [3.05, 3.63) is 35.5 Å². The molecule has 2 fully saturated rings. The quantitative estimate of drug-likeness (QED) is 0.682. The van der Waals surface area contributed by atoms with Gasteiger partial charge in [0.15, 0.2) is 17.3 Å². The molecule has 3 heterocycles. The molecule has 2 aliphatic heterocycles. The van der Waals surface area contributed by atoms with Crippen molar-refractivity contribution >= 4 is 17.6 Å². The molecule has 2 saturated heterocycles. The first-order valence-corrected chi connectivity index (χ1v) is 9.95. The topological polar surface area (TPSA) is 76.8 Å². The zero-order valence-corrected chi connectivity index (χ0v) is 16.5. The van der Waals surface area contributed by atoms with Crippen molar-refractivity contribution in [2.75, 3.05) is 36.5 Å². The van der Waals surface area contributed by atoms with Crippen molar-refractivity contribution in [2.24, 2.45) is 0 Å². The summed E-state index contributed by atoms with van der Waals surface area (Å²) in [5.41, 5.74) is -0.413. The number of oxazole rings is 1. The van der Waals surface area contributed by atoms with Crippen LogP contribution >= 0.6 is 0 Å². The van der Waals surface area contributed by atoms with Gasteiger partial charge in [-0.3, -0.25) is 4.79 Å². The molecule has 1 unspecified atom stereocenters. The number of alkyl halides is 3. The smallest absolute Gasteiger partial charge is 0.396 e. The molecule has 168 valence electrons. The second kappa shape index (κ2) is 8.74. The van der Waals surface area contributed by atoms with Crippen molar-refractivity contribution < 1.29 is 36.2 Å². The predicted octanol–water partition coefficient (Wildman–Crippen LogP) is 3.94. The Balaban J connectivity index is 1.51. The number of carbonyl (C=O) groups excluding carboxylic acids is 1. The highest BCUT2D eigenvalue weighted by Crippen LogP contribution is 2.30. The van der Waals surface area contributed by atoms with Gasteiger partial charge in [-0.25, -0.2) is 4.39 Å². The molecule has 0 saturated carbocycles. The number of nitrogens with zero attached hydrogens (tertiary/aromatic N) is 2. The first-order valence-electron chi connectivity index (χ1n) is 9.95. The summed E-state index contributed by atoms with van der Waals surface area (Å²) in [6.45, 7) is 2.08. The Kier molecular flexibility index (Phi) is 6.03. The lowest BCUT2D eigenvalue weighted by molar-refractivity contribution is -0.130. The Morgan fingerprint density at radius 1 is 1.29 bits per heavy atom. The number of hydrogen-bond acceptors (Lipinski definition) is 6. The van der Waals surface area contributed by atoms with Gasteiger partial charge in [-0.15, -0.1) is 0 Å². The highest BCUT2D eigenvalue weighted by Gasteiger charge is 2.35. The first kappa shape index (κ1) is 21.4. The maximum Gasteiger partial charge on any atom is 0.396 e. The second-order valence-corrected chi connectivity index (χ2v) is 7.46. The number of rotatable bonds is 6. The summed E-state index contributed by atoms with van der Waals surface area (Å²) in [4.78, 5) is 18.3. The second-order valence-electron chi connectivity index (χ2n) is 7.46. The minimum Gasteiger partial charge on any atom is -0.485 e. The molecule has 1 N–H and O–H groups in total. The van der Waals surface area contributed by atoms with Crippen LogP contribution in [0.1, 0.15) is 35.5 Å². The SMILES string of the molecule is O=C(Nc1ccc(OC2CCOC2)c(F)c1)c1nc(N2CCCC2)oc1CC(F)(F)F. The number of hydrogen-bond donors (Lipinski definition) is 1. The van der Waals surface area contributed by atoms with E-state index in [0.29, 0.717) is 32.7 Å². The molecule has 2 aromatic rings. The van der Waals surface area contributed by atoms with Crippen LogP contribution in [0.4, 0.5) is 29.3 Å². The van der Waals surface area contributed by atoms with Gasteiger partial charge in [0.1, 0.15) is 18.3 Å². The number of nitrogens with one attached hydrogen (secondary N) is 1. The zero-order valence-electron chi connectivity index (χ0n) is 16.5. The molecule has 0 bridgehead atoms. The summed E-state index contributed by atoms with van der Waals surface area (Å²) in [6.07, 6.45) is -3.89. The van der Waals surface area contributed by atoms with Gasteiger partial charge >= 0.3 is 6.18 Å². The maximum atomic E-state index is 14.4. The van der Waals surface area contributed by atoms with Crippen LogP contribution in [0.2, 0.25) is 0 Å². The largest absolute Gasteiger partial charge is 0.485 e. The molecule has 1 amide bonds. The molecule has 0 aliphatic carbocycles. The number of anilines is 2. The van der Waals surface area contributed by atoms with Crippen LogP contribution < -0.4 is 15.0 Å². The van der Waals surface area contributed by atoms with Gasteiger partial charge in [-0.2, -0.15) is 18.2 Å². The highest BCUT2D eigenvalue weighted by atomic mass is 19.4. The van der Waals surface area contributed by atoms with Crippen LogP contribution in [-0.4, -0.2) is 49.5 Å². The Bertz CT molecular complexity index is 935. The summed E-state index contributed by atoms with van der Waals surface area (Å²) in [5.74, 6) is -2.19. The van der Waals surface area contributed by atoms with Crippen LogP contribution in [-0.2, 0) is 11.2 Å². The van der Waals surface area contributed by atoms with E-state index in [-0.39, 0.29) is 23.6 Å². The summed E-state index contributed by atoms with van der Waals surface area (Å²) in [6, 6.07) is 3.76. The summed E-state index contributed by atoms with van der Waals surface area (Å²) >= 11 is 0. The molecule has 1 aromatic carbocycles. The summed E-state index contributed by atoms with van der Waals surface area (Å²) in [7, 11) is 0. The number of benzene rings is 1. The standard InChI is InChI=1S/C20H21F4N3O4/c21-14-9-12(3-4-15(14)30-13-5-8-29-11-13)25-18(28)17-16(10-20(22,23)24)31-19(26-17)27-6-1-2-7-27/h3-4,9,13H,1-2,5-8,10-11H2,(H,25,28). The van der Waals surface area contributed by atoms with E-state index >= 15 is 0 Å². The molecule has 7 nitrogen and oxygen atoms in total. The highest BCUT2D eigenvalue weighted by molar-refractivity contribution is 6.03. The third kappa shape index (κ3) is 5.27. The molecule has 0 spiro atoms. The van der Waals surface area contributed by atoms with E-state index < -0.39 is 35.8 Å². The van der Waals surface area contributed by atoms with Crippen LogP contribution in [0.15, 0.2) is 22.6 Å². The Morgan fingerprint density at radius 3 is 2.71 bits per heavy atom. The van der Waals surface area contributed by atoms with Gasteiger partial charge in [0, 0.05) is 31.3 Å². The van der Waals surface area contributed by atoms with Crippen LogP contribution in [0, 0.1) is 5.82 Å². The first-order chi connectivity index (χ1) is 14.8. The average Bonchev–Trinajstić information content (AvgIpc) is 3.44. The number of halogens is 4. The Labute approximate surface area is 175 Å². The van der Waals surface area contributed by atoms with Gasteiger partial charge < -0.3 is 24.1 Å². The molecule has 31 heavy (non-hydrogen) atoms. The number of ether oxygens (including phenoxy) is 2. The van der Waals surface area contributed by atoms with Gasteiger partial charge in [-0.1, -0.05) is 0 Å². The fourth-order valence-electron chi connectivity index (χ4n) is 3.51. The molecule has 0 radical (unpaired) electrons. The van der Waals surface area contributed by atoms with Crippen LogP contribution in [0.5, 0.6) is 5.75 Å². The average molecular weight is 443 g/mol. The number of amides is 1. The van der Waals surface area contributed by atoms with Crippen molar-refractivity contribution in [3.63, 3.8) is 0 Å². The lowest BCUT2D eigenvalue weighted by Gasteiger charge is -2.13. The molecular weight excluding hydrogens is 422 g/mol.